The Kier molecular flexibility index (Phi) is 6.75. The summed E-state index contributed by atoms with van der Waals surface area (Å²) in [6, 6.07) is 7.46. The quantitative estimate of drug-likeness (QED) is 0.866. The van der Waals surface area contributed by atoms with Gasteiger partial charge in [0.05, 0.1) is 0 Å². The number of carbonyl (C=O) groups excluding carboxylic acids is 1. The van der Waals surface area contributed by atoms with Gasteiger partial charge in [0, 0.05) is 17.7 Å². The molecule has 2 aromatic rings. The highest BCUT2D eigenvalue weighted by Crippen LogP contribution is 2.25. The highest BCUT2D eigenvalue weighted by atomic mass is 35.5. The Hall–Kier alpha value is -1.92. The van der Waals surface area contributed by atoms with Crippen LogP contribution in [-0.2, 0) is 4.79 Å². The van der Waals surface area contributed by atoms with E-state index in [0.29, 0.717) is 24.1 Å². The minimum atomic E-state index is 0. The van der Waals surface area contributed by atoms with Crippen LogP contribution < -0.4 is 10.6 Å². The Bertz CT molecular complexity index is 625. The van der Waals surface area contributed by atoms with Crippen LogP contribution in [-0.4, -0.2) is 29.1 Å². The Morgan fingerprint density at radius 3 is 2.67 bits per heavy atom. The van der Waals surface area contributed by atoms with Gasteiger partial charge >= 0.3 is 0 Å². The molecule has 0 spiro atoms. The lowest BCUT2D eigenvalue weighted by atomic mass is 9.84. The molecule has 2 heterocycles. The van der Waals surface area contributed by atoms with Crippen LogP contribution in [0.1, 0.15) is 26.2 Å². The van der Waals surface area contributed by atoms with E-state index in [1.54, 1.807) is 0 Å². The first-order chi connectivity index (χ1) is 11.2. The normalized spacial score (nSPS) is 16.2. The number of carbonyl (C=O) groups is 1. The van der Waals surface area contributed by atoms with Crippen molar-refractivity contribution < 1.29 is 9.32 Å². The highest BCUT2D eigenvalue weighted by molar-refractivity contribution is 5.91. The summed E-state index contributed by atoms with van der Waals surface area (Å²) >= 11 is 0. The SMILES string of the molecule is CC(CC(=O)Nc1ccc(-c2ncon2)cc1)C1CCNCC1.Cl. The van der Waals surface area contributed by atoms with Crippen molar-refractivity contribution in [3.8, 4) is 11.4 Å². The number of anilines is 1. The molecule has 0 saturated carbocycles. The second-order valence-electron chi connectivity index (χ2n) is 6.15. The van der Waals surface area contributed by atoms with Gasteiger partial charge in [-0.1, -0.05) is 12.1 Å². The molecule has 7 heteroatoms. The topological polar surface area (TPSA) is 80.1 Å². The molecule has 0 bridgehead atoms. The molecule has 1 aliphatic heterocycles. The molecule has 1 atom stereocenters. The largest absolute Gasteiger partial charge is 0.342 e. The van der Waals surface area contributed by atoms with Gasteiger partial charge in [-0.3, -0.25) is 4.79 Å². The molecule has 1 aromatic carbocycles. The van der Waals surface area contributed by atoms with Crippen molar-refractivity contribution in [1.82, 2.24) is 15.5 Å². The molecular weight excluding hydrogens is 328 g/mol. The molecule has 0 aliphatic carbocycles. The van der Waals surface area contributed by atoms with Crippen molar-refractivity contribution in [2.75, 3.05) is 18.4 Å². The van der Waals surface area contributed by atoms with E-state index >= 15 is 0 Å². The summed E-state index contributed by atoms with van der Waals surface area (Å²) in [5.74, 6) is 1.67. The van der Waals surface area contributed by atoms with E-state index in [-0.39, 0.29) is 18.3 Å². The Balaban J connectivity index is 0.00000208. The van der Waals surface area contributed by atoms with Gasteiger partial charge in [0.1, 0.15) is 0 Å². The number of aromatic nitrogens is 2. The van der Waals surface area contributed by atoms with Crippen LogP contribution in [0.15, 0.2) is 35.2 Å². The summed E-state index contributed by atoms with van der Waals surface area (Å²) < 4.78 is 4.73. The van der Waals surface area contributed by atoms with Crippen molar-refractivity contribution in [3.05, 3.63) is 30.7 Å². The smallest absolute Gasteiger partial charge is 0.224 e. The summed E-state index contributed by atoms with van der Waals surface area (Å²) in [4.78, 5) is 16.2. The standard InChI is InChI=1S/C17H22N4O2.ClH/c1-12(13-6-8-18-9-7-13)10-16(22)20-15-4-2-14(3-5-15)17-19-11-23-21-17;/h2-5,11-13,18H,6-10H2,1H3,(H,20,22);1H. The Morgan fingerprint density at radius 1 is 1.33 bits per heavy atom. The highest BCUT2D eigenvalue weighted by Gasteiger charge is 2.22. The number of halogens is 1. The predicted octanol–water partition coefficient (Wildman–Crippen LogP) is 3.12. The lowest BCUT2D eigenvalue weighted by Crippen LogP contribution is -2.32. The van der Waals surface area contributed by atoms with Gasteiger partial charge in [-0.25, -0.2) is 0 Å². The zero-order chi connectivity index (χ0) is 16.1. The lowest BCUT2D eigenvalue weighted by Gasteiger charge is -2.27. The van der Waals surface area contributed by atoms with Gasteiger partial charge < -0.3 is 15.2 Å². The van der Waals surface area contributed by atoms with Crippen molar-refractivity contribution in [1.29, 1.82) is 0 Å². The van der Waals surface area contributed by atoms with Crippen LogP contribution in [0.3, 0.4) is 0 Å². The van der Waals surface area contributed by atoms with Crippen LogP contribution in [0, 0.1) is 11.8 Å². The summed E-state index contributed by atoms with van der Waals surface area (Å²) in [6.07, 6.45) is 4.19. The van der Waals surface area contributed by atoms with Crippen molar-refractivity contribution in [3.63, 3.8) is 0 Å². The molecule has 1 aliphatic rings. The van der Waals surface area contributed by atoms with E-state index in [9.17, 15) is 4.79 Å². The van der Waals surface area contributed by atoms with Gasteiger partial charge in [0.25, 0.3) is 0 Å². The van der Waals surface area contributed by atoms with E-state index in [4.69, 9.17) is 4.52 Å². The Labute approximate surface area is 147 Å². The molecule has 0 radical (unpaired) electrons. The lowest BCUT2D eigenvalue weighted by molar-refractivity contribution is -0.117. The van der Waals surface area contributed by atoms with E-state index in [0.717, 1.165) is 37.2 Å². The third-order valence-electron chi connectivity index (χ3n) is 4.48. The molecule has 1 amide bonds. The van der Waals surface area contributed by atoms with Crippen LogP contribution in [0.2, 0.25) is 0 Å². The van der Waals surface area contributed by atoms with Gasteiger partial charge in [0.15, 0.2) is 0 Å². The molecule has 1 aromatic heterocycles. The number of nitrogens with zero attached hydrogens (tertiary/aromatic N) is 2. The zero-order valence-corrected chi connectivity index (χ0v) is 14.5. The fourth-order valence-corrected chi connectivity index (χ4v) is 3.08. The van der Waals surface area contributed by atoms with Crippen molar-refractivity contribution >= 4 is 24.0 Å². The number of hydrogen-bond acceptors (Lipinski definition) is 5. The number of hydrogen-bond donors (Lipinski definition) is 2. The summed E-state index contributed by atoms with van der Waals surface area (Å²) in [6.45, 7) is 4.30. The third-order valence-corrected chi connectivity index (χ3v) is 4.48. The molecule has 1 saturated heterocycles. The third kappa shape index (κ3) is 4.79. The van der Waals surface area contributed by atoms with E-state index in [2.05, 4.69) is 27.7 Å². The predicted molar refractivity (Wildman–Crippen MR) is 95.0 cm³/mol. The van der Waals surface area contributed by atoms with Gasteiger partial charge in [-0.15, -0.1) is 12.4 Å². The molecule has 3 rings (SSSR count). The Morgan fingerprint density at radius 2 is 2.04 bits per heavy atom. The number of nitrogens with one attached hydrogen (secondary N) is 2. The number of piperidine rings is 1. The molecule has 1 fully saturated rings. The second-order valence-corrected chi connectivity index (χ2v) is 6.15. The first-order valence-electron chi connectivity index (χ1n) is 8.10. The van der Waals surface area contributed by atoms with E-state index in [1.165, 1.54) is 6.39 Å². The van der Waals surface area contributed by atoms with Crippen LogP contribution in [0.25, 0.3) is 11.4 Å². The van der Waals surface area contributed by atoms with Crippen LogP contribution in [0.5, 0.6) is 0 Å². The number of rotatable bonds is 5. The minimum Gasteiger partial charge on any atom is -0.342 e. The van der Waals surface area contributed by atoms with E-state index in [1.807, 2.05) is 24.3 Å². The van der Waals surface area contributed by atoms with Gasteiger partial charge in [-0.2, -0.15) is 4.98 Å². The van der Waals surface area contributed by atoms with Gasteiger partial charge in [0.2, 0.25) is 18.1 Å². The molecule has 130 valence electrons. The fourth-order valence-electron chi connectivity index (χ4n) is 3.08. The second kappa shape index (κ2) is 8.80. The minimum absolute atomic E-state index is 0. The molecule has 24 heavy (non-hydrogen) atoms. The summed E-state index contributed by atoms with van der Waals surface area (Å²) in [7, 11) is 0. The van der Waals surface area contributed by atoms with Crippen LogP contribution >= 0.6 is 12.4 Å². The average molecular weight is 351 g/mol. The first kappa shape index (κ1) is 18.4. The summed E-state index contributed by atoms with van der Waals surface area (Å²) in [5, 5.41) is 10.1. The monoisotopic (exact) mass is 350 g/mol. The van der Waals surface area contributed by atoms with E-state index < -0.39 is 0 Å². The maximum absolute atomic E-state index is 12.2. The number of amides is 1. The average Bonchev–Trinajstić information content (AvgIpc) is 3.11. The van der Waals surface area contributed by atoms with Crippen molar-refractivity contribution in [2.45, 2.75) is 26.2 Å². The number of benzene rings is 1. The maximum atomic E-state index is 12.2. The maximum Gasteiger partial charge on any atom is 0.224 e. The van der Waals surface area contributed by atoms with Crippen molar-refractivity contribution in [2.24, 2.45) is 11.8 Å². The molecule has 1 unspecified atom stereocenters. The molecule has 2 N–H and O–H groups in total. The van der Waals surface area contributed by atoms with Gasteiger partial charge in [-0.05, 0) is 62.0 Å². The molecular formula is C17H23ClN4O2. The summed E-state index contributed by atoms with van der Waals surface area (Å²) in [5.41, 5.74) is 1.65. The molecule has 6 nitrogen and oxygen atoms in total. The first-order valence-corrected chi connectivity index (χ1v) is 8.10. The fraction of sp³-hybridized carbons (Fsp3) is 0.471. The zero-order valence-electron chi connectivity index (χ0n) is 13.7. The van der Waals surface area contributed by atoms with Crippen LogP contribution in [0.4, 0.5) is 5.69 Å².